The van der Waals surface area contributed by atoms with Gasteiger partial charge in [-0.15, -0.1) is 11.3 Å². The summed E-state index contributed by atoms with van der Waals surface area (Å²) in [6.45, 7) is 0.124. The summed E-state index contributed by atoms with van der Waals surface area (Å²) in [5.41, 5.74) is 6.33. The predicted octanol–water partition coefficient (Wildman–Crippen LogP) is 2.75. The first-order valence-electron chi connectivity index (χ1n) is 7.92. The van der Waals surface area contributed by atoms with Crippen molar-refractivity contribution in [2.45, 2.75) is 6.42 Å². The first-order chi connectivity index (χ1) is 12.4. The second kappa shape index (κ2) is 7.76. The van der Waals surface area contributed by atoms with Crippen LogP contribution in [0.15, 0.2) is 36.7 Å². The zero-order valence-corrected chi connectivity index (χ0v) is 15.6. The van der Waals surface area contributed by atoms with E-state index in [2.05, 4.69) is 15.7 Å². The largest absolute Gasteiger partial charge is 0.369 e. The number of primary amides is 1. The molecule has 0 saturated heterocycles. The van der Waals surface area contributed by atoms with Crippen LogP contribution in [0.3, 0.4) is 0 Å². The first kappa shape index (κ1) is 18.2. The lowest BCUT2D eigenvalue weighted by Gasteiger charge is -2.13. The molecule has 3 aromatic rings. The number of fused-ring (bicyclic) bond motifs is 1. The fourth-order valence-corrected chi connectivity index (χ4v) is 3.97. The third kappa shape index (κ3) is 4.14. The molecule has 2 heterocycles. The van der Waals surface area contributed by atoms with E-state index in [0.29, 0.717) is 16.4 Å². The molecule has 0 aliphatic rings. The molecule has 1 atom stereocenters. The topological polar surface area (TPSA) is 102 Å². The first-order valence-corrected chi connectivity index (χ1v) is 9.12. The molecule has 4 N–H and O–H groups in total. The maximum absolute atomic E-state index is 12.2. The van der Waals surface area contributed by atoms with Crippen LogP contribution in [0.25, 0.3) is 10.1 Å². The average molecular weight is 392 g/mol. The van der Waals surface area contributed by atoms with Crippen LogP contribution in [0, 0.1) is 5.92 Å². The molecule has 136 valence electrons. The number of benzene rings is 1. The summed E-state index contributed by atoms with van der Waals surface area (Å²) in [5.74, 6) is -1.00. The number of halogens is 1. The van der Waals surface area contributed by atoms with Gasteiger partial charge in [-0.3, -0.25) is 14.8 Å². The van der Waals surface area contributed by atoms with Gasteiger partial charge in [0.25, 0.3) is 0 Å². The van der Waals surface area contributed by atoms with Crippen LogP contribution in [-0.2, 0) is 18.3 Å². The molecule has 26 heavy (non-hydrogen) atoms. The van der Waals surface area contributed by atoms with Gasteiger partial charge in [0.1, 0.15) is 5.00 Å². The van der Waals surface area contributed by atoms with Crippen LogP contribution in [-0.4, -0.2) is 28.3 Å². The molecule has 0 fully saturated rings. The highest BCUT2D eigenvalue weighted by molar-refractivity contribution is 7.23. The van der Waals surface area contributed by atoms with Gasteiger partial charge in [-0.1, -0.05) is 29.8 Å². The summed E-state index contributed by atoms with van der Waals surface area (Å²) in [6, 6.07) is 7.20. The lowest BCUT2D eigenvalue weighted by molar-refractivity contribution is -0.121. The second-order valence-electron chi connectivity index (χ2n) is 5.90. The Labute approximate surface area is 159 Å². The fraction of sp³-hybridized carbons (Fsp3) is 0.235. The minimum absolute atomic E-state index is 0.124. The quantitative estimate of drug-likeness (QED) is 0.602. The predicted molar refractivity (Wildman–Crippen MR) is 103 cm³/mol. The molecule has 0 radical (unpaired) electrons. The number of aromatic nitrogens is 2. The second-order valence-corrected chi connectivity index (χ2v) is 7.33. The van der Waals surface area contributed by atoms with E-state index >= 15 is 0 Å². The molecule has 1 aromatic carbocycles. The van der Waals surface area contributed by atoms with Crippen molar-refractivity contribution in [1.29, 1.82) is 0 Å². The number of carbonyl (C=O) groups excluding carboxylic acids is 2. The summed E-state index contributed by atoms with van der Waals surface area (Å²) >= 11 is 7.70. The summed E-state index contributed by atoms with van der Waals surface area (Å²) in [5, 5.41) is 11.4. The van der Waals surface area contributed by atoms with E-state index < -0.39 is 17.9 Å². The van der Waals surface area contributed by atoms with E-state index in [4.69, 9.17) is 17.3 Å². The number of nitrogens with two attached hydrogens (primary N) is 1. The van der Waals surface area contributed by atoms with Crippen LogP contribution >= 0.6 is 22.9 Å². The van der Waals surface area contributed by atoms with Crippen molar-refractivity contribution in [3.63, 3.8) is 0 Å². The molecule has 3 amide bonds. The molecule has 2 aromatic heterocycles. The number of nitrogens with zero attached hydrogens (tertiary/aromatic N) is 2. The van der Waals surface area contributed by atoms with Crippen molar-refractivity contribution in [2.24, 2.45) is 18.7 Å². The smallest absolute Gasteiger partial charge is 0.319 e. The number of hydrogen-bond donors (Lipinski definition) is 3. The minimum Gasteiger partial charge on any atom is -0.369 e. The van der Waals surface area contributed by atoms with E-state index in [1.165, 1.54) is 11.3 Å². The molecular formula is C17H18ClN5O2S. The monoisotopic (exact) mass is 391 g/mol. The number of carbonyl (C=O) groups is 2. The van der Waals surface area contributed by atoms with E-state index in [9.17, 15) is 9.59 Å². The average Bonchev–Trinajstić information content (AvgIpc) is 3.15. The molecule has 0 aliphatic heterocycles. The highest BCUT2D eigenvalue weighted by Crippen LogP contribution is 2.39. The molecule has 0 unspecified atom stereocenters. The van der Waals surface area contributed by atoms with Crippen molar-refractivity contribution in [3.8, 4) is 0 Å². The highest BCUT2D eigenvalue weighted by Gasteiger charge is 2.19. The van der Waals surface area contributed by atoms with Gasteiger partial charge >= 0.3 is 6.03 Å². The van der Waals surface area contributed by atoms with Gasteiger partial charge < -0.3 is 11.1 Å². The number of thiophene rings is 1. The third-order valence-corrected chi connectivity index (χ3v) is 5.50. The van der Waals surface area contributed by atoms with E-state index in [1.54, 1.807) is 17.9 Å². The number of nitrogens with one attached hydrogen (secondary N) is 2. The summed E-state index contributed by atoms with van der Waals surface area (Å²) in [6.07, 6.45) is 3.90. The molecule has 0 aliphatic carbocycles. The van der Waals surface area contributed by atoms with Crippen molar-refractivity contribution >= 4 is 50.0 Å². The zero-order valence-electron chi connectivity index (χ0n) is 14.0. The SMILES string of the molecule is Cn1cc(C[C@H](CNC(=O)Nc2sc3ccccc3c2Cl)C(N)=O)cn1. The van der Waals surface area contributed by atoms with Crippen LogP contribution < -0.4 is 16.4 Å². The van der Waals surface area contributed by atoms with Crippen molar-refractivity contribution in [2.75, 3.05) is 11.9 Å². The van der Waals surface area contributed by atoms with Gasteiger partial charge in [0.15, 0.2) is 0 Å². The third-order valence-electron chi connectivity index (χ3n) is 3.91. The molecule has 0 spiro atoms. The van der Waals surface area contributed by atoms with Crippen molar-refractivity contribution in [1.82, 2.24) is 15.1 Å². The van der Waals surface area contributed by atoms with E-state index in [-0.39, 0.29) is 6.54 Å². The highest BCUT2D eigenvalue weighted by atomic mass is 35.5. The molecule has 0 saturated carbocycles. The summed E-state index contributed by atoms with van der Waals surface area (Å²) in [4.78, 5) is 23.8. The summed E-state index contributed by atoms with van der Waals surface area (Å²) in [7, 11) is 1.79. The maximum atomic E-state index is 12.2. The van der Waals surface area contributed by atoms with Gasteiger partial charge in [0.05, 0.1) is 17.1 Å². The Morgan fingerprint density at radius 1 is 1.38 bits per heavy atom. The Hall–Kier alpha value is -2.58. The van der Waals surface area contributed by atoms with Crippen LogP contribution in [0.2, 0.25) is 5.02 Å². The molecule has 3 rings (SSSR count). The Morgan fingerprint density at radius 3 is 2.81 bits per heavy atom. The van der Waals surface area contributed by atoms with Crippen LogP contribution in [0.1, 0.15) is 5.56 Å². The maximum Gasteiger partial charge on any atom is 0.319 e. The van der Waals surface area contributed by atoms with Gasteiger partial charge in [0, 0.05) is 29.9 Å². The fourth-order valence-electron chi connectivity index (χ4n) is 2.59. The Bertz CT molecular complexity index is 952. The normalized spacial score (nSPS) is 12.1. The number of anilines is 1. The molecular weight excluding hydrogens is 374 g/mol. The number of aryl methyl sites for hydroxylation is 1. The van der Waals surface area contributed by atoms with Gasteiger partial charge in [0.2, 0.25) is 5.91 Å². The summed E-state index contributed by atoms with van der Waals surface area (Å²) < 4.78 is 2.64. The Morgan fingerprint density at radius 2 is 2.15 bits per heavy atom. The Kier molecular flexibility index (Phi) is 5.43. The molecule has 0 bridgehead atoms. The zero-order chi connectivity index (χ0) is 18.7. The lowest BCUT2D eigenvalue weighted by atomic mass is 10.0. The lowest BCUT2D eigenvalue weighted by Crippen LogP contribution is -2.39. The van der Waals surface area contributed by atoms with Gasteiger partial charge in [-0.2, -0.15) is 5.10 Å². The number of amides is 3. The van der Waals surface area contributed by atoms with Gasteiger partial charge in [-0.25, -0.2) is 4.79 Å². The van der Waals surface area contributed by atoms with Crippen LogP contribution in [0.4, 0.5) is 9.80 Å². The standard InChI is InChI=1S/C17H18ClN5O2S/c1-23-9-10(7-21-23)6-11(15(19)24)8-20-17(25)22-16-14(18)12-4-2-3-5-13(12)26-16/h2-5,7,9,11H,6,8H2,1H3,(H2,19,24)(H2,20,22,25)/t11-/m1/s1. The van der Waals surface area contributed by atoms with Crippen LogP contribution in [0.5, 0.6) is 0 Å². The van der Waals surface area contributed by atoms with Gasteiger partial charge in [-0.05, 0) is 18.1 Å². The number of rotatable bonds is 6. The van der Waals surface area contributed by atoms with Crippen molar-refractivity contribution in [3.05, 3.63) is 47.2 Å². The number of hydrogen-bond acceptors (Lipinski definition) is 4. The number of urea groups is 1. The molecule has 7 nitrogen and oxygen atoms in total. The molecule has 9 heteroatoms. The Balaban J connectivity index is 1.61. The van der Waals surface area contributed by atoms with E-state index in [0.717, 1.165) is 15.6 Å². The van der Waals surface area contributed by atoms with Crippen molar-refractivity contribution < 1.29 is 9.59 Å². The minimum atomic E-state index is -0.525. The van der Waals surface area contributed by atoms with E-state index in [1.807, 2.05) is 30.5 Å².